The van der Waals surface area contributed by atoms with Gasteiger partial charge in [0.1, 0.15) is 24.2 Å². The van der Waals surface area contributed by atoms with E-state index >= 15 is 0 Å². The second kappa shape index (κ2) is 6.87. The number of ether oxygens (including phenoxy) is 2. The van der Waals surface area contributed by atoms with Gasteiger partial charge in [0.25, 0.3) is 0 Å². The van der Waals surface area contributed by atoms with Gasteiger partial charge in [-0.1, -0.05) is 36.4 Å². The lowest BCUT2D eigenvalue weighted by Gasteiger charge is -2.12. The van der Waals surface area contributed by atoms with Crippen LogP contribution < -0.4 is 4.74 Å². The molecule has 0 aromatic heterocycles. The molecular formula is C18H18O4S. The van der Waals surface area contributed by atoms with Crippen molar-refractivity contribution in [3.63, 3.8) is 0 Å². The second-order valence-corrected chi connectivity index (χ2v) is 7.14. The largest absolute Gasteiger partial charge is 0.490 e. The first kappa shape index (κ1) is 15.6. The molecule has 3 rings (SSSR count). The van der Waals surface area contributed by atoms with Crippen LogP contribution in [-0.2, 0) is 14.6 Å². The van der Waals surface area contributed by atoms with Crippen molar-refractivity contribution in [2.24, 2.45) is 0 Å². The van der Waals surface area contributed by atoms with Crippen LogP contribution in [0.25, 0.3) is 0 Å². The van der Waals surface area contributed by atoms with E-state index in [9.17, 15) is 8.42 Å². The molecule has 4 nitrogen and oxygen atoms in total. The van der Waals surface area contributed by atoms with E-state index in [-0.39, 0.29) is 11.0 Å². The van der Waals surface area contributed by atoms with Crippen LogP contribution in [0, 0.1) is 0 Å². The van der Waals surface area contributed by atoms with Crippen LogP contribution in [0.1, 0.15) is 12.8 Å². The monoisotopic (exact) mass is 330 g/mol. The number of benzene rings is 2. The molecule has 0 aliphatic carbocycles. The van der Waals surface area contributed by atoms with E-state index in [1.165, 1.54) is 5.41 Å². The Labute approximate surface area is 136 Å². The highest BCUT2D eigenvalue weighted by atomic mass is 32.2. The summed E-state index contributed by atoms with van der Waals surface area (Å²) in [5.74, 6) is 1.28. The smallest absolute Gasteiger partial charge is 0.203 e. The van der Waals surface area contributed by atoms with Gasteiger partial charge in [0.05, 0.1) is 10.3 Å². The highest BCUT2D eigenvalue weighted by Crippen LogP contribution is 2.26. The minimum atomic E-state index is -3.46. The van der Waals surface area contributed by atoms with Crippen molar-refractivity contribution < 1.29 is 17.9 Å². The Morgan fingerprint density at radius 3 is 2.39 bits per heavy atom. The quantitative estimate of drug-likeness (QED) is 0.841. The highest BCUT2D eigenvalue weighted by Gasteiger charge is 2.24. The Balaban J connectivity index is 1.61. The Hall–Kier alpha value is -2.27. The topological polar surface area (TPSA) is 52.6 Å². The van der Waals surface area contributed by atoms with Crippen molar-refractivity contribution in [3.05, 3.63) is 71.8 Å². The van der Waals surface area contributed by atoms with Gasteiger partial charge in [0.2, 0.25) is 9.84 Å². The van der Waals surface area contributed by atoms with E-state index in [0.29, 0.717) is 18.8 Å². The number of hydrogen-bond acceptors (Lipinski definition) is 4. The Kier molecular flexibility index (Phi) is 4.67. The van der Waals surface area contributed by atoms with Crippen LogP contribution in [0.3, 0.4) is 0 Å². The summed E-state index contributed by atoms with van der Waals surface area (Å²) in [4.78, 5) is 0.278. The molecule has 0 saturated carbocycles. The van der Waals surface area contributed by atoms with Crippen LogP contribution in [0.5, 0.6) is 5.75 Å². The maximum Gasteiger partial charge on any atom is 0.203 e. The van der Waals surface area contributed by atoms with Gasteiger partial charge in [-0.2, -0.15) is 0 Å². The minimum absolute atomic E-state index is 0.118. The van der Waals surface area contributed by atoms with Gasteiger partial charge in [-0.05, 0) is 30.7 Å². The van der Waals surface area contributed by atoms with Crippen molar-refractivity contribution >= 4 is 9.84 Å². The number of sulfone groups is 1. The van der Waals surface area contributed by atoms with Crippen molar-refractivity contribution in [2.75, 3.05) is 6.61 Å². The van der Waals surface area contributed by atoms with Gasteiger partial charge >= 0.3 is 0 Å². The highest BCUT2D eigenvalue weighted by molar-refractivity contribution is 7.94. The third-order valence-corrected chi connectivity index (χ3v) is 5.07. The Morgan fingerprint density at radius 2 is 1.70 bits per heavy atom. The molecule has 1 heterocycles. The molecule has 1 aliphatic heterocycles. The molecular weight excluding hydrogens is 312 g/mol. The maximum atomic E-state index is 12.3. The summed E-state index contributed by atoms with van der Waals surface area (Å²) in [6.45, 7) is 0.409. The Bertz CT molecular complexity index is 767. The van der Waals surface area contributed by atoms with E-state index in [4.69, 9.17) is 9.47 Å². The lowest BCUT2D eigenvalue weighted by atomic mass is 10.2. The molecule has 1 fully saturated rings. The first-order valence-electron chi connectivity index (χ1n) is 7.49. The number of rotatable bonds is 5. The van der Waals surface area contributed by atoms with Crippen molar-refractivity contribution in [2.45, 2.75) is 23.8 Å². The molecule has 1 aliphatic rings. The van der Waals surface area contributed by atoms with E-state index in [0.717, 1.165) is 12.2 Å². The summed E-state index contributed by atoms with van der Waals surface area (Å²) in [6, 6.07) is 17.9. The van der Waals surface area contributed by atoms with Crippen molar-refractivity contribution in [1.82, 2.24) is 0 Å². The molecule has 5 heteroatoms. The second-order valence-electron chi connectivity index (χ2n) is 5.34. The summed E-state index contributed by atoms with van der Waals surface area (Å²) in [6.07, 6.45) is 1.24. The summed E-state index contributed by atoms with van der Waals surface area (Å²) in [5.41, 5.74) is 0. The van der Waals surface area contributed by atoms with Crippen molar-refractivity contribution in [3.8, 4) is 5.75 Å². The standard InChI is InChI=1S/C18H18O4S/c19-23(20,18-9-5-2-6-10-18)14-17-12-11-16(22-17)13-21-15-7-3-1-4-8-15/h1-10,14,16H,11-13H2/b17-14+. The molecule has 1 unspecified atom stereocenters. The lowest BCUT2D eigenvalue weighted by molar-refractivity contribution is 0.103. The van der Waals surface area contributed by atoms with Gasteiger partial charge in [-0.15, -0.1) is 0 Å². The van der Waals surface area contributed by atoms with Crippen LogP contribution in [0.2, 0.25) is 0 Å². The summed E-state index contributed by atoms with van der Waals surface area (Å²) < 4.78 is 35.9. The molecule has 0 spiro atoms. The zero-order valence-corrected chi connectivity index (χ0v) is 13.4. The van der Waals surface area contributed by atoms with Crippen LogP contribution in [0.4, 0.5) is 0 Å². The molecule has 0 bridgehead atoms. The summed E-state index contributed by atoms with van der Waals surface area (Å²) in [5, 5.41) is 1.23. The predicted octanol–water partition coefficient (Wildman–Crippen LogP) is 3.56. The van der Waals surface area contributed by atoms with Crippen LogP contribution in [0.15, 0.2) is 76.7 Å². The van der Waals surface area contributed by atoms with Crippen molar-refractivity contribution in [1.29, 1.82) is 0 Å². The zero-order chi connectivity index (χ0) is 16.1. The predicted molar refractivity (Wildman–Crippen MR) is 87.8 cm³/mol. The van der Waals surface area contributed by atoms with Gasteiger partial charge in [0.15, 0.2) is 0 Å². The molecule has 1 saturated heterocycles. The fourth-order valence-corrected chi connectivity index (χ4v) is 3.59. The van der Waals surface area contributed by atoms with Crippen LogP contribution >= 0.6 is 0 Å². The third kappa shape index (κ3) is 4.13. The minimum Gasteiger partial charge on any atom is -0.490 e. The van der Waals surface area contributed by atoms with Gasteiger partial charge in [0, 0.05) is 6.42 Å². The number of hydrogen-bond donors (Lipinski definition) is 0. The summed E-state index contributed by atoms with van der Waals surface area (Å²) >= 11 is 0. The average Bonchev–Trinajstić information content (AvgIpc) is 3.01. The number of allylic oxidation sites excluding steroid dienone is 1. The number of para-hydroxylation sites is 1. The molecule has 2 aromatic rings. The first-order valence-corrected chi connectivity index (χ1v) is 9.03. The van der Waals surface area contributed by atoms with E-state index in [1.807, 2.05) is 30.3 Å². The maximum absolute atomic E-state index is 12.3. The third-order valence-electron chi connectivity index (χ3n) is 3.57. The Morgan fingerprint density at radius 1 is 1.04 bits per heavy atom. The molecule has 0 N–H and O–H groups in total. The van der Waals surface area contributed by atoms with Gasteiger partial charge in [-0.3, -0.25) is 0 Å². The average molecular weight is 330 g/mol. The fourth-order valence-electron chi connectivity index (χ4n) is 2.40. The van der Waals surface area contributed by atoms with Gasteiger partial charge < -0.3 is 9.47 Å². The lowest BCUT2D eigenvalue weighted by Crippen LogP contribution is -2.16. The van der Waals surface area contributed by atoms with E-state index in [2.05, 4.69) is 0 Å². The fraction of sp³-hybridized carbons (Fsp3) is 0.222. The normalized spacial score (nSPS) is 19.5. The van der Waals surface area contributed by atoms with Gasteiger partial charge in [-0.25, -0.2) is 8.42 Å². The molecule has 2 aromatic carbocycles. The molecule has 0 radical (unpaired) electrons. The summed E-state index contributed by atoms with van der Waals surface area (Å²) in [7, 11) is -3.46. The molecule has 23 heavy (non-hydrogen) atoms. The first-order chi connectivity index (χ1) is 11.1. The molecule has 120 valence electrons. The van der Waals surface area contributed by atoms with E-state index < -0.39 is 9.84 Å². The molecule has 0 amide bonds. The molecule has 1 atom stereocenters. The van der Waals surface area contributed by atoms with E-state index in [1.54, 1.807) is 30.3 Å². The van der Waals surface area contributed by atoms with Crippen LogP contribution in [-0.4, -0.2) is 21.1 Å². The SMILES string of the molecule is O=S(=O)(/C=C1\CCC(COc2ccccc2)O1)c1ccccc1. The zero-order valence-electron chi connectivity index (χ0n) is 12.6.